The fraction of sp³-hybridized carbons (Fsp3) is 0.938. The van der Waals surface area contributed by atoms with E-state index >= 15 is 0 Å². The lowest BCUT2D eigenvalue weighted by Crippen LogP contribution is -2.47. The van der Waals surface area contributed by atoms with Gasteiger partial charge < -0.3 is 9.47 Å². The van der Waals surface area contributed by atoms with E-state index in [-0.39, 0.29) is 0 Å². The van der Waals surface area contributed by atoms with Gasteiger partial charge in [-0.1, -0.05) is 39.5 Å². The van der Waals surface area contributed by atoms with Crippen molar-refractivity contribution in [1.82, 2.24) is 0 Å². The number of carbonyl (C=O) groups is 1. The summed E-state index contributed by atoms with van der Waals surface area (Å²) >= 11 is 0. The third kappa shape index (κ3) is 4.88. The average molecular weight is 270 g/mol. The molecule has 1 atom stereocenters. The van der Waals surface area contributed by atoms with Crippen LogP contribution >= 0.6 is 0 Å². The third-order valence-electron chi connectivity index (χ3n) is 4.25. The molecule has 0 radical (unpaired) electrons. The molecule has 3 heteroatoms. The van der Waals surface area contributed by atoms with Crippen LogP contribution in [-0.4, -0.2) is 31.2 Å². The second-order valence-corrected chi connectivity index (χ2v) is 5.58. The Morgan fingerprint density at radius 1 is 1.26 bits per heavy atom. The summed E-state index contributed by atoms with van der Waals surface area (Å²) in [4.78, 5) is 12.7. The molecule has 0 aromatic heterocycles. The first kappa shape index (κ1) is 16.6. The molecule has 0 amide bonds. The number of rotatable bonds is 9. The predicted molar refractivity (Wildman–Crippen MR) is 77.3 cm³/mol. The Kier molecular flexibility index (Phi) is 7.62. The Hall–Kier alpha value is -0.410. The Labute approximate surface area is 118 Å². The van der Waals surface area contributed by atoms with Crippen LogP contribution in [0.25, 0.3) is 0 Å². The number of carbonyl (C=O) groups excluding carboxylic acids is 1. The van der Waals surface area contributed by atoms with Crippen LogP contribution in [0, 0.1) is 5.92 Å². The molecule has 112 valence electrons. The van der Waals surface area contributed by atoms with Gasteiger partial charge in [0, 0.05) is 39.1 Å². The summed E-state index contributed by atoms with van der Waals surface area (Å²) in [6, 6.07) is 0. The molecule has 1 aliphatic heterocycles. The molecule has 0 bridgehead atoms. The summed E-state index contributed by atoms with van der Waals surface area (Å²) in [5, 5.41) is 0. The highest BCUT2D eigenvalue weighted by Gasteiger charge is 2.40. The van der Waals surface area contributed by atoms with Crippen molar-refractivity contribution in [3.05, 3.63) is 0 Å². The Morgan fingerprint density at radius 2 is 1.95 bits per heavy atom. The van der Waals surface area contributed by atoms with E-state index in [1.165, 1.54) is 12.8 Å². The normalized spacial score (nSPS) is 20.2. The van der Waals surface area contributed by atoms with Crippen molar-refractivity contribution in [3.63, 3.8) is 0 Å². The van der Waals surface area contributed by atoms with E-state index in [9.17, 15) is 4.79 Å². The quantitative estimate of drug-likeness (QED) is 0.640. The van der Waals surface area contributed by atoms with Gasteiger partial charge in [-0.3, -0.25) is 4.79 Å². The molecule has 0 aromatic rings. The Balaban J connectivity index is 2.60. The zero-order valence-corrected chi connectivity index (χ0v) is 12.9. The van der Waals surface area contributed by atoms with E-state index in [4.69, 9.17) is 9.47 Å². The monoisotopic (exact) mass is 270 g/mol. The van der Waals surface area contributed by atoms with E-state index in [0.29, 0.717) is 37.9 Å². The maximum Gasteiger partial charge on any atom is 0.165 e. The van der Waals surface area contributed by atoms with Crippen LogP contribution in [0.3, 0.4) is 0 Å². The molecule has 1 fully saturated rings. The van der Waals surface area contributed by atoms with Gasteiger partial charge in [-0.25, -0.2) is 0 Å². The molecule has 0 aromatic carbocycles. The molecule has 0 spiro atoms. The molecular formula is C16H30O3. The van der Waals surface area contributed by atoms with Gasteiger partial charge in [0.1, 0.15) is 5.60 Å². The number of hydrogen-bond acceptors (Lipinski definition) is 3. The maximum atomic E-state index is 12.7. The molecule has 0 aliphatic carbocycles. The summed E-state index contributed by atoms with van der Waals surface area (Å²) in [5.74, 6) is 0.827. The molecule has 19 heavy (non-hydrogen) atoms. The van der Waals surface area contributed by atoms with E-state index < -0.39 is 5.60 Å². The number of unbranched alkanes of at least 4 members (excludes halogenated alkanes) is 1. The smallest absolute Gasteiger partial charge is 0.165 e. The maximum absolute atomic E-state index is 12.7. The zero-order valence-electron chi connectivity index (χ0n) is 12.9. The van der Waals surface area contributed by atoms with Crippen molar-refractivity contribution in [2.75, 3.05) is 19.8 Å². The first-order valence-corrected chi connectivity index (χ1v) is 7.93. The zero-order chi connectivity index (χ0) is 14.1. The molecule has 0 N–H and O–H groups in total. The number of Topliss-reactive ketones (excluding diaryl/α,β-unsaturated/α-hetero) is 1. The molecular weight excluding hydrogens is 240 g/mol. The van der Waals surface area contributed by atoms with Crippen LogP contribution in [0.2, 0.25) is 0 Å². The lowest BCUT2D eigenvalue weighted by Gasteiger charge is -2.36. The molecule has 1 saturated heterocycles. The molecule has 0 saturated carbocycles. The van der Waals surface area contributed by atoms with Crippen LogP contribution in [-0.2, 0) is 14.3 Å². The second kappa shape index (κ2) is 8.70. The first-order valence-electron chi connectivity index (χ1n) is 7.93. The predicted octanol–water partition coefficient (Wildman–Crippen LogP) is 3.75. The lowest BCUT2D eigenvalue weighted by atomic mass is 9.82. The van der Waals surface area contributed by atoms with Crippen molar-refractivity contribution < 1.29 is 14.3 Å². The molecule has 1 rings (SSSR count). The highest BCUT2D eigenvalue weighted by Crippen LogP contribution is 2.30. The number of ketones is 1. The highest BCUT2D eigenvalue weighted by atomic mass is 16.5. The number of hydrogen-bond donors (Lipinski definition) is 0. The minimum absolute atomic E-state index is 0.306. The Morgan fingerprint density at radius 3 is 2.47 bits per heavy atom. The minimum atomic E-state index is -0.549. The summed E-state index contributed by atoms with van der Waals surface area (Å²) < 4.78 is 11.2. The first-order chi connectivity index (χ1) is 9.18. The summed E-state index contributed by atoms with van der Waals surface area (Å²) in [6.07, 6.45) is 6.80. The van der Waals surface area contributed by atoms with Gasteiger partial charge in [0.15, 0.2) is 5.78 Å². The molecule has 1 heterocycles. The van der Waals surface area contributed by atoms with Crippen LogP contribution in [0.5, 0.6) is 0 Å². The molecule has 1 unspecified atom stereocenters. The number of ether oxygens (including phenoxy) is 2. The van der Waals surface area contributed by atoms with Crippen molar-refractivity contribution in [2.24, 2.45) is 5.92 Å². The van der Waals surface area contributed by atoms with Crippen molar-refractivity contribution >= 4 is 5.78 Å². The summed E-state index contributed by atoms with van der Waals surface area (Å²) in [7, 11) is 0. The fourth-order valence-corrected chi connectivity index (χ4v) is 2.87. The van der Waals surface area contributed by atoms with E-state index in [2.05, 4.69) is 13.8 Å². The van der Waals surface area contributed by atoms with Crippen LogP contribution in [0.15, 0.2) is 0 Å². The minimum Gasteiger partial charge on any atom is -0.381 e. The highest BCUT2D eigenvalue weighted by molar-refractivity contribution is 5.87. The van der Waals surface area contributed by atoms with Gasteiger partial charge in [0.05, 0.1) is 0 Å². The van der Waals surface area contributed by atoms with Crippen molar-refractivity contribution in [3.8, 4) is 0 Å². The fourth-order valence-electron chi connectivity index (χ4n) is 2.87. The van der Waals surface area contributed by atoms with Crippen molar-refractivity contribution in [2.45, 2.75) is 71.3 Å². The van der Waals surface area contributed by atoms with Gasteiger partial charge in [0.25, 0.3) is 0 Å². The van der Waals surface area contributed by atoms with E-state index in [1.54, 1.807) is 0 Å². The van der Waals surface area contributed by atoms with Gasteiger partial charge in [-0.2, -0.15) is 0 Å². The SMILES string of the molecule is CCCCC(CC)CC(=O)C1(OCC)CCOCC1. The summed E-state index contributed by atoms with van der Waals surface area (Å²) in [6.45, 7) is 8.27. The van der Waals surface area contributed by atoms with Crippen LogP contribution < -0.4 is 0 Å². The van der Waals surface area contributed by atoms with Crippen LogP contribution in [0.1, 0.15) is 65.7 Å². The molecule has 1 aliphatic rings. The van der Waals surface area contributed by atoms with Crippen LogP contribution in [0.4, 0.5) is 0 Å². The average Bonchev–Trinajstić information content (AvgIpc) is 2.44. The van der Waals surface area contributed by atoms with Gasteiger partial charge in [0.2, 0.25) is 0 Å². The van der Waals surface area contributed by atoms with Gasteiger partial charge >= 0.3 is 0 Å². The molecule has 3 nitrogen and oxygen atoms in total. The van der Waals surface area contributed by atoms with E-state index in [0.717, 1.165) is 25.7 Å². The lowest BCUT2D eigenvalue weighted by molar-refractivity contribution is -0.158. The largest absolute Gasteiger partial charge is 0.381 e. The van der Waals surface area contributed by atoms with E-state index in [1.807, 2.05) is 6.92 Å². The standard InChI is InChI=1S/C16H30O3/c1-4-7-8-14(5-2)13-15(17)16(19-6-3)9-11-18-12-10-16/h14H,4-13H2,1-3H3. The van der Waals surface area contributed by atoms with Crippen molar-refractivity contribution in [1.29, 1.82) is 0 Å². The van der Waals surface area contributed by atoms with Gasteiger partial charge in [-0.15, -0.1) is 0 Å². The Bertz CT molecular complexity index is 251. The second-order valence-electron chi connectivity index (χ2n) is 5.58. The third-order valence-corrected chi connectivity index (χ3v) is 4.25. The summed E-state index contributed by atoms with van der Waals surface area (Å²) in [5.41, 5.74) is -0.549. The van der Waals surface area contributed by atoms with Gasteiger partial charge in [-0.05, 0) is 12.8 Å². The topological polar surface area (TPSA) is 35.5 Å².